The second-order valence-electron chi connectivity index (χ2n) is 7.17. The Morgan fingerprint density at radius 3 is 2.88 bits per heavy atom. The van der Waals surface area contributed by atoms with Gasteiger partial charge < -0.3 is 0 Å². The monoisotopic (exact) mass is 360 g/mol. The summed E-state index contributed by atoms with van der Waals surface area (Å²) in [6.07, 6.45) is 3.37. The number of aromatic nitrogens is 2. The summed E-state index contributed by atoms with van der Waals surface area (Å²) in [5.41, 5.74) is 3.67. The van der Waals surface area contributed by atoms with Crippen LogP contribution in [0.2, 0.25) is 0 Å². The molecule has 1 aliphatic carbocycles. The lowest BCUT2D eigenvalue weighted by Crippen LogP contribution is -2.43. The summed E-state index contributed by atoms with van der Waals surface area (Å²) in [6.45, 7) is 4.98. The van der Waals surface area contributed by atoms with Crippen molar-refractivity contribution >= 4 is 10.0 Å². The predicted molar refractivity (Wildman–Crippen MR) is 96.5 cm³/mol. The van der Waals surface area contributed by atoms with E-state index < -0.39 is 10.0 Å². The van der Waals surface area contributed by atoms with E-state index in [-0.39, 0.29) is 11.3 Å². The number of sulfonamides is 1. The third kappa shape index (κ3) is 3.78. The zero-order chi connectivity index (χ0) is 17.4. The van der Waals surface area contributed by atoms with Gasteiger partial charge in [-0.25, -0.2) is 13.1 Å². The molecule has 1 aromatic heterocycles. The average molecular weight is 360 g/mol. The Morgan fingerprint density at radius 1 is 1.28 bits per heavy atom. The van der Waals surface area contributed by atoms with E-state index in [1.807, 2.05) is 10.7 Å². The number of hydrogen-bond donors (Lipinski definition) is 1. The van der Waals surface area contributed by atoms with Crippen LogP contribution in [0, 0.1) is 6.92 Å². The lowest BCUT2D eigenvalue weighted by atomic mass is 10.1. The van der Waals surface area contributed by atoms with Crippen LogP contribution in [0.3, 0.4) is 0 Å². The van der Waals surface area contributed by atoms with Crippen LogP contribution in [0.5, 0.6) is 0 Å². The van der Waals surface area contributed by atoms with E-state index >= 15 is 0 Å². The highest BCUT2D eigenvalue weighted by Crippen LogP contribution is 2.28. The quantitative estimate of drug-likeness (QED) is 0.853. The van der Waals surface area contributed by atoms with Crippen LogP contribution in [0.25, 0.3) is 0 Å². The van der Waals surface area contributed by atoms with Crippen molar-refractivity contribution in [2.45, 2.75) is 44.1 Å². The van der Waals surface area contributed by atoms with Gasteiger partial charge in [0, 0.05) is 32.4 Å². The van der Waals surface area contributed by atoms with Gasteiger partial charge in [0.05, 0.1) is 17.0 Å². The molecule has 1 atom stereocenters. The SMILES string of the molecule is Cc1cccc(CN2Cc3ccnn3[C@H](CNS(=O)(=O)C3CC3)C2)c1. The van der Waals surface area contributed by atoms with Crippen LogP contribution in [-0.2, 0) is 23.1 Å². The Labute approximate surface area is 148 Å². The minimum atomic E-state index is -3.16. The molecule has 1 aliphatic heterocycles. The van der Waals surface area contributed by atoms with Gasteiger partial charge in [-0.1, -0.05) is 29.8 Å². The summed E-state index contributed by atoms with van der Waals surface area (Å²) in [5, 5.41) is 4.23. The van der Waals surface area contributed by atoms with E-state index in [9.17, 15) is 8.42 Å². The first-order valence-electron chi connectivity index (χ1n) is 8.80. The maximum Gasteiger partial charge on any atom is 0.214 e. The lowest BCUT2D eigenvalue weighted by molar-refractivity contribution is 0.168. The number of fused-ring (bicyclic) bond motifs is 1. The molecule has 2 aromatic rings. The molecule has 4 rings (SSSR count). The second-order valence-corrected chi connectivity index (χ2v) is 9.22. The molecule has 25 heavy (non-hydrogen) atoms. The molecule has 1 fully saturated rings. The molecule has 0 amide bonds. The molecule has 7 heteroatoms. The first-order valence-corrected chi connectivity index (χ1v) is 10.3. The van der Waals surface area contributed by atoms with Crippen molar-refractivity contribution in [2.75, 3.05) is 13.1 Å². The van der Waals surface area contributed by atoms with Gasteiger partial charge in [-0.3, -0.25) is 9.58 Å². The Hall–Kier alpha value is -1.70. The summed E-state index contributed by atoms with van der Waals surface area (Å²) in [5.74, 6) is 0. The fourth-order valence-electron chi connectivity index (χ4n) is 3.51. The van der Waals surface area contributed by atoms with Crippen molar-refractivity contribution in [2.24, 2.45) is 0 Å². The van der Waals surface area contributed by atoms with Gasteiger partial charge in [-0.15, -0.1) is 0 Å². The van der Waals surface area contributed by atoms with Crippen LogP contribution in [0.15, 0.2) is 36.5 Å². The van der Waals surface area contributed by atoms with Gasteiger partial charge in [-0.05, 0) is 31.4 Å². The molecule has 134 valence electrons. The van der Waals surface area contributed by atoms with Gasteiger partial charge in [-0.2, -0.15) is 5.10 Å². The van der Waals surface area contributed by atoms with Crippen molar-refractivity contribution in [1.29, 1.82) is 0 Å². The third-order valence-corrected chi connectivity index (χ3v) is 6.84. The largest absolute Gasteiger partial charge is 0.291 e. The third-order valence-electron chi connectivity index (χ3n) is 4.92. The first kappa shape index (κ1) is 16.8. The zero-order valence-electron chi connectivity index (χ0n) is 14.4. The number of aryl methyl sites for hydroxylation is 1. The molecule has 1 aromatic carbocycles. The number of nitrogens with one attached hydrogen (secondary N) is 1. The molecule has 0 bridgehead atoms. The molecular weight excluding hydrogens is 336 g/mol. The van der Waals surface area contributed by atoms with Gasteiger partial charge in [0.25, 0.3) is 0 Å². The molecule has 6 nitrogen and oxygen atoms in total. The fraction of sp³-hybridized carbons (Fsp3) is 0.500. The van der Waals surface area contributed by atoms with Gasteiger partial charge >= 0.3 is 0 Å². The average Bonchev–Trinajstić information content (AvgIpc) is 3.33. The lowest BCUT2D eigenvalue weighted by Gasteiger charge is -2.34. The molecule has 1 N–H and O–H groups in total. The molecule has 0 spiro atoms. The van der Waals surface area contributed by atoms with Crippen molar-refractivity contribution in [3.8, 4) is 0 Å². The van der Waals surface area contributed by atoms with E-state index in [0.29, 0.717) is 6.54 Å². The van der Waals surface area contributed by atoms with Crippen LogP contribution >= 0.6 is 0 Å². The first-order chi connectivity index (χ1) is 12.0. The van der Waals surface area contributed by atoms with E-state index in [1.165, 1.54) is 11.1 Å². The Morgan fingerprint density at radius 2 is 2.12 bits per heavy atom. The van der Waals surface area contributed by atoms with E-state index in [0.717, 1.165) is 38.2 Å². The van der Waals surface area contributed by atoms with Crippen molar-refractivity contribution in [3.63, 3.8) is 0 Å². The second kappa shape index (κ2) is 6.55. The molecule has 0 radical (unpaired) electrons. The highest BCUT2D eigenvalue weighted by molar-refractivity contribution is 7.90. The van der Waals surface area contributed by atoms with Gasteiger partial charge in [0.2, 0.25) is 10.0 Å². The van der Waals surface area contributed by atoms with Crippen LogP contribution in [-0.4, -0.2) is 41.4 Å². The summed E-state index contributed by atoms with van der Waals surface area (Å²) < 4.78 is 29.1. The maximum atomic E-state index is 12.1. The van der Waals surface area contributed by atoms with E-state index in [4.69, 9.17) is 0 Å². The summed E-state index contributed by atoms with van der Waals surface area (Å²) >= 11 is 0. The van der Waals surface area contributed by atoms with Crippen molar-refractivity contribution < 1.29 is 8.42 Å². The summed E-state index contributed by atoms with van der Waals surface area (Å²) in [7, 11) is -3.16. The Bertz CT molecular complexity index is 857. The topological polar surface area (TPSA) is 67.2 Å². The minimum Gasteiger partial charge on any atom is -0.291 e. The van der Waals surface area contributed by atoms with Crippen molar-refractivity contribution in [3.05, 3.63) is 53.3 Å². The number of nitrogens with zero attached hydrogens (tertiary/aromatic N) is 3. The highest BCUT2D eigenvalue weighted by Gasteiger charge is 2.36. The summed E-state index contributed by atoms with van der Waals surface area (Å²) in [6, 6.07) is 10.6. The highest BCUT2D eigenvalue weighted by atomic mass is 32.2. The smallest absolute Gasteiger partial charge is 0.214 e. The standard InChI is InChI=1S/C18H24N4O2S/c1-14-3-2-4-15(9-14)11-21-12-16-7-8-19-22(16)17(13-21)10-20-25(23,24)18-5-6-18/h2-4,7-9,17-18,20H,5-6,10-13H2,1H3/t17-/m1/s1. The number of benzene rings is 1. The Kier molecular flexibility index (Phi) is 4.39. The molecule has 0 unspecified atom stereocenters. The van der Waals surface area contributed by atoms with Gasteiger partial charge in [0.15, 0.2) is 0 Å². The van der Waals surface area contributed by atoms with Gasteiger partial charge in [0.1, 0.15) is 0 Å². The van der Waals surface area contributed by atoms with Crippen LogP contribution in [0.1, 0.15) is 35.7 Å². The molecule has 2 aliphatic rings. The zero-order valence-corrected chi connectivity index (χ0v) is 15.2. The predicted octanol–water partition coefficient (Wildman–Crippen LogP) is 1.83. The van der Waals surface area contributed by atoms with Crippen molar-refractivity contribution in [1.82, 2.24) is 19.4 Å². The summed E-state index contributed by atoms with van der Waals surface area (Å²) in [4.78, 5) is 2.36. The number of hydrogen-bond acceptors (Lipinski definition) is 4. The van der Waals surface area contributed by atoms with E-state index in [2.05, 4.69) is 45.9 Å². The van der Waals surface area contributed by atoms with Crippen LogP contribution in [0.4, 0.5) is 0 Å². The number of rotatable bonds is 6. The van der Waals surface area contributed by atoms with Crippen LogP contribution < -0.4 is 4.72 Å². The molecule has 0 saturated heterocycles. The molecule has 1 saturated carbocycles. The normalized spacial score (nSPS) is 21.2. The molecular formula is C18H24N4O2S. The molecule has 2 heterocycles. The maximum absolute atomic E-state index is 12.1. The van der Waals surface area contributed by atoms with E-state index in [1.54, 1.807) is 6.20 Å². The fourth-order valence-corrected chi connectivity index (χ4v) is 4.93. The Balaban J connectivity index is 1.47. The minimum absolute atomic E-state index is 0.0251.